The van der Waals surface area contributed by atoms with Crippen molar-refractivity contribution in [2.75, 3.05) is 19.0 Å². The van der Waals surface area contributed by atoms with Gasteiger partial charge in [0.05, 0.1) is 23.0 Å². The Balaban J connectivity index is 1.47. The number of para-hydroxylation sites is 1. The Morgan fingerprint density at radius 1 is 1.06 bits per heavy atom. The largest absolute Gasteiger partial charge is 0.495 e. The van der Waals surface area contributed by atoms with Gasteiger partial charge >= 0.3 is 0 Å². The molecule has 0 aliphatic carbocycles. The quantitative estimate of drug-likeness (QED) is 0.383. The molecule has 5 nitrogen and oxygen atoms in total. The van der Waals surface area contributed by atoms with Crippen LogP contribution in [0.4, 0.5) is 5.69 Å². The molecule has 6 heteroatoms. The van der Waals surface area contributed by atoms with Crippen molar-refractivity contribution in [3.63, 3.8) is 0 Å². The van der Waals surface area contributed by atoms with Gasteiger partial charge in [0.1, 0.15) is 16.5 Å². The minimum Gasteiger partial charge on any atom is -0.495 e. The van der Waals surface area contributed by atoms with E-state index in [1.54, 1.807) is 18.4 Å². The van der Waals surface area contributed by atoms with Crippen LogP contribution in [0, 0.1) is 0 Å². The summed E-state index contributed by atoms with van der Waals surface area (Å²) in [4.78, 5) is 17.2. The number of methoxy groups -OCH3 is 1. The number of carbonyl (C=O) groups is 1. The highest BCUT2D eigenvalue weighted by Crippen LogP contribution is 2.34. The third-order valence-electron chi connectivity index (χ3n) is 4.93. The van der Waals surface area contributed by atoms with Gasteiger partial charge in [-0.3, -0.25) is 4.79 Å². The monoisotopic (exact) mass is 432 g/mol. The summed E-state index contributed by atoms with van der Waals surface area (Å²) in [6.45, 7) is 4.19. The SMILES string of the molecule is COc1ccc(-c2nc3ccccc3s2)cc1NC(=O)COc1ccc(C(C)C)cc1. The molecule has 0 radical (unpaired) electrons. The second-order valence-corrected chi connectivity index (χ2v) is 8.49. The van der Waals surface area contributed by atoms with Gasteiger partial charge < -0.3 is 14.8 Å². The second kappa shape index (κ2) is 9.18. The number of aromatic nitrogens is 1. The molecule has 4 aromatic rings. The van der Waals surface area contributed by atoms with Crippen molar-refractivity contribution in [3.8, 4) is 22.1 Å². The van der Waals surface area contributed by atoms with E-state index in [0.717, 1.165) is 20.8 Å². The van der Waals surface area contributed by atoms with Crippen molar-refractivity contribution in [1.29, 1.82) is 0 Å². The van der Waals surface area contributed by atoms with Crippen LogP contribution in [0.5, 0.6) is 11.5 Å². The van der Waals surface area contributed by atoms with E-state index < -0.39 is 0 Å². The molecule has 0 aliphatic heterocycles. The Kier molecular flexibility index (Phi) is 6.18. The molecule has 0 spiro atoms. The molecule has 0 fully saturated rings. The van der Waals surface area contributed by atoms with E-state index in [4.69, 9.17) is 14.5 Å². The first-order valence-electron chi connectivity index (χ1n) is 10.1. The number of carbonyl (C=O) groups excluding carboxylic acids is 1. The summed E-state index contributed by atoms with van der Waals surface area (Å²) in [6, 6.07) is 21.5. The van der Waals surface area contributed by atoms with Crippen LogP contribution in [0.3, 0.4) is 0 Å². The molecule has 158 valence electrons. The van der Waals surface area contributed by atoms with Crippen LogP contribution in [0.25, 0.3) is 20.8 Å². The van der Waals surface area contributed by atoms with Gasteiger partial charge in [0.15, 0.2) is 6.61 Å². The fourth-order valence-electron chi connectivity index (χ4n) is 3.22. The second-order valence-electron chi connectivity index (χ2n) is 7.46. The number of hydrogen-bond acceptors (Lipinski definition) is 5. The van der Waals surface area contributed by atoms with Crippen molar-refractivity contribution in [1.82, 2.24) is 4.98 Å². The highest BCUT2D eigenvalue weighted by Gasteiger charge is 2.13. The van der Waals surface area contributed by atoms with Gasteiger partial charge in [0.25, 0.3) is 5.91 Å². The first-order chi connectivity index (χ1) is 15.0. The summed E-state index contributed by atoms with van der Waals surface area (Å²) in [6.07, 6.45) is 0. The van der Waals surface area contributed by atoms with Gasteiger partial charge in [-0.15, -0.1) is 11.3 Å². The minimum absolute atomic E-state index is 0.0878. The zero-order valence-electron chi connectivity index (χ0n) is 17.7. The van der Waals surface area contributed by atoms with Gasteiger partial charge in [-0.05, 0) is 53.9 Å². The lowest BCUT2D eigenvalue weighted by atomic mass is 10.0. The minimum atomic E-state index is -0.257. The van der Waals surface area contributed by atoms with Gasteiger partial charge in [-0.25, -0.2) is 4.98 Å². The molecule has 0 saturated heterocycles. The maximum absolute atomic E-state index is 12.5. The average Bonchev–Trinajstić information content (AvgIpc) is 3.22. The van der Waals surface area contributed by atoms with E-state index in [0.29, 0.717) is 23.1 Å². The molecular formula is C25H24N2O3S. The topological polar surface area (TPSA) is 60.5 Å². The van der Waals surface area contributed by atoms with E-state index in [9.17, 15) is 4.79 Å². The molecule has 0 aliphatic rings. The number of hydrogen-bond donors (Lipinski definition) is 1. The zero-order valence-corrected chi connectivity index (χ0v) is 18.5. The highest BCUT2D eigenvalue weighted by atomic mass is 32.1. The van der Waals surface area contributed by atoms with Gasteiger partial charge in [-0.1, -0.05) is 38.1 Å². The molecule has 1 aromatic heterocycles. The number of rotatable bonds is 7. The molecule has 0 unspecified atom stereocenters. The van der Waals surface area contributed by atoms with Crippen molar-refractivity contribution in [2.24, 2.45) is 0 Å². The Bertz CT molecular complexity index is 1170. The molecular weight excluding hydrogens is 408 g/mol. The third-order valence-corrected chi connectivity index (χ3v) is 6.02. The molecule has 1 N–H and O–H groups in total. The van der Waals surface area contributed by atoms with Crippen molar-refractivity contribution in [3.05, 3.63) is 72.3 Å². The Labute approximate surface area is 185 Å². The summed E-state index contributed by atoms with van der Waals surface area (Å²) >= 11 is 1.61. The Morgan fingerprint density at radius 2 is 1.84 bits per heavy atom. The number of nitrogens with zero attached hydrogens (tertiary/aromatic N) is 1. The van der Waals surface area contributed by atoms with Gasteiger partial charge in [-0.2, -0.15) is 0 Å². The van der Waals surface area contributed by atoms with Crippen LogP contribution in [-0.2, 0) is 4.79 Å². The summed E-state index contributed by atoms with van der Waals surface area (Å²) in [7, 11) is 1.58. The fourth-order valence-corrected chi connectivity index (χ4v) is 4.18. The van der Waals surface area contributed by atoms with E-state index in [-0.39, 0.29) is 12.5 Å². The number of benzene rings is 3. The number of thiazole rings is 1. The van der Waals surface area contributed by atoms with Crippen LogP contribution in [0.15, 0.2) is 66.7 Å². The number of ether oxygens (including phenoxy) is 2. The smallest absolute Gasteiger partial charge is 0.262 e. The molecule has 1 amide bonds. The van der Waals surface area contributed by atoms with Crippen LogP contribution in [0.1, 0.15) is 25.3 Å². The standard InChI is InChI=1S/C25H24N2O3S/c1-16(2)17-8-11-19(12-9-17)30-15-24(28)26-21-14-18(10-13-22(21)29-3)25-27-20-6-4-5-7-23(20)31-25/h4-14,16H,15H2,1-3H3,(H,26,28). The molecule has 31 heavy (non-hydrogen) atoms. The predicted molar refractivity (Wildman–Crippen MR) is 126 cm³/mol. The van der Waals surface area contributed by atoms with Gasteiger partial charge in [0.2, 0.25) is 0 Å². The molecule has 0 saturated carbocycles. The molecule has 3 aromatic carbocycles. The van der Waals surface area contributed by atoms with Crippen molar-refractivity contribution < 1.29 is 14.3 Å². The number of nitrogens with one attached hydrogen (secondary N) is 1. The summed E-state index contributed by atoms with van der Waals surface area (Å²) < 4.78 is 12.2. The van der Waals surface area contributed by atoms with E-state index in [1.807, 2.05) is 66.7 Å². The highest BCUT2D eigenvalue weighted by molar-refractivity contribution is 7.21. The van der Waals surface area contributed by atoms with Crippen LogP contribution < -0.4 is 14.8 Å². The van der Waals surface area contributed by atoms with Crippen LogP contribution in [-0.4, -0.2) is 24.6 Å². The lowest BCUT2D eigenvalue weighted by molar-refractivity contribution is -0.118. The predicted octanol–water partition coefficient (Wildman–Crippen LogP) is 6.11. The summed E-state index contributed by atoms with van der Waals surface area (Å²) in [5, 5.41) is 3.78. The van der Waals surface area contributed by atoms with Gasteiger partial charge in [0, 0.05) is 5.56 Å². The number of fused-ring (bicyclic) bond motifs is 1. The van der Waals surface area contributed by atoms with E-state index in [2.05, 4.69) is 19.2 Å². The third kappa shape index (κ3) is 4.86. The summed E-state index contributed by atoms with van der Waals surface area (Å²) in [5.41, 5.74) is 3.69. The lowest BCUT2D eigenvalue weighted by Crippen LogP contribution is -2.20. The Hall–Kier alpha value is -3.38. The van der Waals surface area contributed by atoms with Crippen LogP contribution >= 0.6 is 11.3 Å². The maximum Gasteiger partial charge on any atom is 0.262 e. The van der Waals surface area contributed by atoms with Crippen molar-refractivity contribution >= 4 is 33.1 Å². The molecule has 0 bridgehead atoms. The molecule has 1 heterocycles. The van der Waals surface area contributed by atoms with E-state index in [1.165, 1.54) is 5.56 Å². The van der Waals surface area contributed by atoms with E-state index >= 15 is 0 Å². The number of anilines is 1. The first-order valence-corrected chi connectivity index (χ1v) is 10.9. The molecule has 4 rings (SSSR count). The summed E-state index contributed by atoms with van der Waals surface area (Å²) in [5.74, 6) is 1.44. The average molecular weight is 433 g/mol. The molecule has 0 atom stereocenters. The fraction of sp³-hybridized carbons (Fsp3) is 0.200. The number of amides is 1. The van der Waals surface area contributed by atoms with Crippen molar-refractivity contribution in [2.45, 2.75) is 19.8 Å². The van der Waals surface area contributed by atoms with Crippen LogP contribution in [0.2, 0.25) is 0 Å². The zero-order chi connectivity index (χ0) is 21.8. The lowest BCUT2D eigenvalue weighted by Gasteiger charge is -2.12. The first kappa shape index (κ1) is 20.9. The maximum atomic E-state index is 12.5. The Morgan fingerprint density at radius 3 is 2.55 bits per heavy atom. The normalized spacial score (nSPS) is 11.0.